The number of nitrogens with one attached hydrogen (secondary N) is 1. The summed E-state index contributed by atoms with van der Waals surface area (Å²) in [5, 5.41) is 3.16. The van der Waals surface area contributed by atoms with Gasteiger partial charge in [-0.3, -0.25) is 4.79 Å². The summed E-state index contributed by atoms with van der Waals surface area (Å²) in [6, 6.07) is -0.108. The Morgan fingerprint density at radius 2 is 2.06 bits per heavy atom. The lowest BCUT2D eigenvalue weighted by Gasteiger charge is -2.23. The number of hydrogen-bond donors (Lipinski definition) is 1. The van der Waals surface area contributed by atoms with Crippen LogP contribution in [0, 0.1) is 0 Å². The molecule has 16 heavy (non-hydrogen) atoms. The van der Waals surface area contributed by atoms with Crippen LogP contribution < -0.4 is 5.32 Å². The van der Waals surface area contributed by atoms with Crippen molar-refractivity contribution in [2.24, 2.45) is 0 Å². The highest BCUT2D eigenvalue weighted by Gasteiger charge is 2.21. The summed E-state index contributed by atoms with van der Waals surface area (Å²) in [4.78, 5) is 11.6. The van der Waals surface area contributed by atoms with Crippen LogP contribution in [-0.4, -0.2) is 37.4 Å². The molecular weight excluding hydrogens is 206 g/mol. The van der Waals surface area contributed by atoms with E-state index in [0.29, 0.717) is 13.2 Å². The predicted octanol–water partition coefficient (Wildman–Crippen LogP) is 1.49. The van der Waals surface area contributed by atoms with Gasteiger partial charge in [-0.15, -0.1) is 0 Å². The third-order valence-electron chi connectivity index (χ3n) is 2.46. The van der Waals surface area contributed by atoms with Crippen molar-refractivity contribution in [2.45, 2.75) is 51.7 Å². The molecule has 94 valence electrons. The fourth-order valence-corrected chi connectivity index (χ4v) is 1.64. The van der Waals surface area contributed by atoms with Gasteiger partial charge in [0.05, 0.1) is 12.2 Å². The van der Waals surface area contributed by atoms with Crippen molar-refractivity contribution < 1.29 is 14.3 Å². The lowest BCUT2D eigenvalue weighted by atomic mass is 10.1. The van der Waals surface area contributed by atoms with Gasteiger partial charge in [0.15, 0.2) is 0 Å². The molecule has 1 saturated heterocycles. The molecule has 4 nitrogen and oxygen atoms in total. The molecule has 1 atom stereocenters. The molecule has 0 radical (unpaired) electrons. The molecule has 0 aromatic carbocycles. The molecule has 1 aliphatic heterocycles. The molecule has 0 bridgehead atoms. The highest BCUT2D eigenvalue weighted by Crippen LogP contribution is 2.09. The van der Waals surface area contributed by atoms with Crippen LogP contribution in [0.2, 0.25) is 0 Å². The molecule has 1 rings (SSSR count). The molecule has 0 spiro atoms. The van der Waals surface area contributed by atoms with E-state index in [9.17, 15) is 4.79 Å². The standard InChI is InChI=1S/C12H23NO3/c1-12(2,3)16-9-8-15-11(14)10-6-4-5-7-13-10/h10,13H,4-9H2,1-3H3. The Bertz CT molecular complexity index is 217. The summed E-state index contributed by atoms with van der Waals surface area (Å²) < 4.78 is 10.6. The van der Waals surface area contributed by atoms with E-state index in [4.69, 9.17) is 9.47 Å². The number of ether oxygens (including phenoxy) is 2. The lowest BCUT2D eigenvalue weighted by molar-refractivity contribution is -0.150. The third kappa shape index (κ3) is 5.47. The molecular formula is C12H23NO3. The van der Waals surface area contributed by atoms with Crippen LogP contribution in [0.3, 0.4) is 0 Å². The SMILES string of the molecule is CC(C)(C)OCCOC(=O)C1CCCCN1. The van der Waals surface area contributed by atoms with E-state index < -0.39 is 0 Å². The summed E-state index contributed by atoms with van der Waals surface area (Å²) in [5.41, 5.74) is -0.171. The zero-order chi connectivity index (χ0) is 12.0. The third-order valence-corrected chi connectivity index (χ3v) is 2.46. The quantitative estimate of drug-likeness (QED) is 0.586. The van der Waals surface area contributed by atoms with Crippen LogP contribution in [0.25, 0.3) is 0 Å². The van der Waals surface area contributed by atoms with Gasteiger partial charge in [-0.2, -0.15) is 0 Å². The number of rotatable bonds is 4. The van der Waals surface area contributed by atoms with Crippen molar-refractivity contribution >= 4 is 5.97 Å². The number of piperidine rings is 1. The minimum absolute atomic E-state index is 0.108. The van der Waals surface area contributed by atoms with E-state index in [-0.39, 0.29) is 17.6 Å². The second-order valence-corrected chi connectivity index (χ2v) is 5.13. The van der Waals surface area contributed by atoms with Gasteiger partial charge in [-0.1, -0.05) is 6.42 Å². The minimum Gasteiger partial charge on any atom is -0.462 e. The fraction of sp³-hybridized carbons (Fsp3) is 0.917. The van der Waals surface area contributed by atoms with Crippen molar-refractivity contribution in [1.82, 2.24) is 5.32 Å². The molecule has 0 saturated carbocycles. The molecule has 1 aliphatic rings. The Morgan fingerprint density at radius 1 is 1.31 bits per heavy atom. The second kappa shape index (κ2) is 6.21. The van der Waals surface area contributed by atoms with Crippen LogP contribution in [-0.2, 0) is 14.3 Å². The van der Waals surface area contributed by atoms with E-state index in [2.05, 4.69) is 5.32 Å². The first-order valence-electron chi connectivity index (χ1n) is 6.03. The molecule has 0 aliphatic carbocycles. The van der Waals surface area contributed by atoms with Crippen molar-refractivity contribution in [2.75, 3.05) is 19.8 Å². The number of esters is 1. The van der Waals surface area contributed by atoms with Crippen molar-refractivity contribution in [3.05, 3.63) is 0 Å². The van der Waals surface area contributed by atoms with Crippen LogP contribution >= 0.6 is 0 Å². The molecule has 0 aromatic rings. The van der Waals surface area contributed by atoms with Gasteiger partial charge in [0.1, 0.15) is 12.6 Å². The summed E-state index contributed by atoms with van der Waals surface area (Å²) in [5.74, 6) is -0.141. The first-order chi connectivity index (χ1) is 7.49. The molecule has 1 N–H and O–H groups in total. The second-order valence-electron chi connectivity index (χ2n) is 5.13. The van der Waals surface area contributed by atoms with Crippen LogP contribution in [0.5, 0.6) is 0 Å². The van der Waals surface area contributed by atoms with Gasteiger partial charge in [-0.25, -0.2) is 0 Å². The monoisotopic (exact) mass is 229 g/mol. The molecule has 4 heteroatoms. The highest BCUT2D eigenvalue weighted by atomic mass is 16.6. The zero-order valence-electron chi connectivity index (χ0n) is 10.5. The van der Waals surface area contributed by atoms with E-state index >= 15 is 0 Å². The molecule has 1 fully saturated rings. The van der Waals surface area contributed by atoms with E-state index in [1.165, 1.54) is 0 Å². The van der Waals surface area contributed by atoms with Gasteiger partial charge in [0.2, 0.25) is 0 Å². The normalized spacial score (nSPS) is 21.8. The average Bonchev–Trinajstić information content (AvgIpc) is 2.24. The van der Waals surface area contributed by atoms with E-state index in [1.54, 1.807) is 0 Å². The molecule has 1 heterocycles. The molecule has 0 aromatic heterocycles. The van der Waals surface area contributed by atoms with Crippen molar-refractivity contribution in [3.63, 3.8) is 0 Å². The maximum atomic E-state index is 11.6. The Kier molecular flexibility index (Phi) is 5.22. The smallest absolute Gasteiger partial charge is 0.323 e. The first kappa shape index (κ1) is 13.5. The highest BCUT2D eigenvalue weighted by molar-refractivity contribution is 5.75. The Hall–Kier alpha value is -0.610. The summed E-state index contributed by atoms with van der Waals surface area (Å²) >= 11 is 0. The fourth-order valence-electron chi connectivity index (χ4n) is 1.64. The molecule has 0 amide bonds. The van der Waals surface area contributed by atoms with Gasteiger partial charge >= 0.3 is 5.97 Å². The van der Waals surface area contributed by atoms with Crippen molar-refractivity contribution in [3.8, 4) is 0 Å². The van der Waals surface area contributed by atoms with Gasteiger partial charge in [0.25, 0.3) is 0 Å². The summed E-state index contributed by atoms with van der Waals surface area (Å²) in [6.07, 6.45) is 3.14. The first-order valence-corrected chi connectivity index (χ1v) is 6.03. The van der Waals surface area contributed by atoms with Crippen molar-refractivity contribution in [1.29, 1.82) is 0 Å². The van der Waals surface area contributed by atoms with E-state index in [0.717, 1.165) is 25.8 Å². The van der Waals surface area contributed by atoms with E-state index in [1.807, 2.05) is 20.8 Å². The van der Waals surface area contributed by atoms with Gasteiger partial charge in [0, 0.05) is 0 Å². The maximum Gasteiger partial charge on any atom is 0.323 e. The topological polar surface area (TPSA) is 47.6 Å². The number of carbonyl (C=O) groups excluding carboxylic acids is 1. The summed E-state index contributed by atoms with van der Waals surface area (Å²) in [7, 11) is 0. The average molecular weight is 229 g/mol. The largest absolute Gasteiger partial charge is 0.462 e. The van der Waals surface area contributed by atoms with Gasteiger partial charge in [-0.05, 0) is 40.2 Å². The summed E-state index contributed by atoms with van der Waals surface area (Å²) in [6.45, 7) is 7.67. The number of hydrogen-bond acceptors (Lipinski definition) is 4. The lowest BCUT2D eigenvalue weighted by Crippen LogP contribution is -2.41. The van der Waals surface area contributed by atoms with Gasteiger partial charge < -0.3 is 14.8 Å². The maximum absolute atomic E-state index is 11.6. The zero-order valence-corrected chi connectivity index (χ0v) is 10.5. The minimum atomic E-state index is -0.171. The Labute approximate surface area is 97.7 Å². The van der Waals surface area contributed by atoms with Crippen LogP contribution in [0.1, 0.15) is 40.0 Å². The van der Waals surface area contributed by atoms with Crippen LogP contribution in [0.15, 0.2) is 0 Å². The number of carbonyl (C=O) groups is 1. The Balaban J connectivity index is 2.10. The predicted molar refractivity (Wildman–Crippen MR) is 62.3 cm³/mol. The Morgan fingerprint density at radius 3 is 2.62 bits per heavy atom. The van der Waals surface area contributed by atoms with Crippen LogP contribution in [0.4, 0.5) is 0 Å². The molecule has 1 unspecified atom stereocenters.